The number of hydrogen-bond acceptors (Lipinski definition) is 7. The van der Waals surface area contributed by atoms with Crippen molar-refractivity contribution in [2.75, 3.05) is 36.4 Å². The minimum atomic E-state index is -0.277. The summed E-state index contributed by atoms with van der Waals surface area (Å²) in [7, 11) is 0. The van der Waals surface area contributed by atoms with Crippen molar-refractivity contribution in [3.8, 4) is 0 Å². The van der Waals surface area contributed by atoms with Crippen LogP contribution in [0.5, 0.6) is 0 Å². The Morgan fingerprint density at radius 3 is 2.58 bits per heavy atom. The van der Waals surface area contributed by atoms with Crippen LogP contribution < -0.4 is 21.1 Å². The standard InChI is InChI=1S/C23H28N6O2/c30-15-17-13-16-14-25-23(27-21(16)29(22(17)31)20-3-1-2-4-20)26-18-5-7-19(8-6-18)28-11-9-24-10-12-28/h5-8,13-14,20,24,30H,1-4,9-12,15H2,(H,25,26,27). The van der Waals surface area contributed by atoms with Gasteiger partial charge in [0.1, 0.15) is 5.65 Å². The highest BCUT2D eigenvalue weighted by Gasteiger charge is 2.22. The summed E-state index contributed by atoms with van der Waals surface area (Å²) >= 11 is 0. The number of anilines is 3. The van der Waals surface area contributed by atoms with Gasteiger partial charge in [-0.25, -0.2) is 4.98 Å². The number of nitrogens with zero attached hydrogens (tertiary/aromatic N) is 4. The van der Waals surface area contributed by atoms with E-state index in [0.717, 1.165) is 62.9 Å². The average Bonchev–Trinajstić information content (AvgIpc) is 3.34. The Hall–Kier alpha value is -2.97. The third-order valence-corrected chi connectivity index (χ3v) is 6.31. The monoisotopic (exact) mass is 420 g/mol. The molecule has 2 aliphatic rings. The zero-order valence-electron chi connectivity index (χ0n) is 17.5. The Kier molecular flexibility index (Phi) is 5.57. The van der Waals surface area contributed by atoms with Crippen molar-refractivity contribution in [2.45, 2.75) is 38.3 Å². The number of piperazine rings is 1. The van der Waals surface area contributed by atoms with Crippen molar-refractivity contribution in [1.82, 2.24) is 19.9 Å². The van der Waals surface area contributed by atoms with Crippen LogP contribution in [-0.4, -0.2) is 45.8 Å². The van der Waals surface area contributed by atoms with Crippen LogP contribution in [0.25, 0.3) is 11.0 Å². The predicted molar refractivity (Wildman–Crippen MR) is 122 cm³/mol. The van der Waals surface area contributed by atoms with Crippen LogP contribution in [0.3, 0.4) is 0 Å². The molecule has 3 N–H and O–H groups in total. The average molecular weight is 421 g/mol. The Balaban J connectivity index is 1.45. The number of pyridine rings is 1. The van der Waals surface area contributed by atoms with Gasteiger partial charge in [-0.3, -0.25) is 9.36 Å². The van der Waals surface area contributed by atoms with Gasteiger partial charge in [0.2, 0.25) is 5.95 Å². The van der Waals surface area contributed by atoms with Gasteiger partial charge in [0.25, 0.3) is 5.56 Å². The summed E-state index contributed by atoms with van der Waals surface area (Å²) in [6.45, 7) is 3.75. The van der Waals surface area contributed by atoms with Crippen LogP contribution in [0, 0.1) is 0 Å². The lowest BCUT2D eigenvalue weighted by Gasteiger charge is -2.29. The van der Waals surface area contributed by atoms with E-state index in [0.29, 0.717) is 17.2 Å². The van der Waals surface area contributed by atoms with Crippen LogP contribution in [0.4, 0.5) is 17.3 Å². The Bertz CT molecular complexity index is 1120. The number of hydrogen-bond donors (Lipinski definition) is 3. The number of benzene rings is 1. The number of fused-ring (bicyclic) bond motifs is 1. The molecule has 2 aromatic heterocycles. The van der Waals surface area contributed by atoms with Crippen molar-refractivity contribution in [3.05, 3.63) is 52.4 Å². The fourth-order valence-electron chi connectivity index (χ4n) is 4.66. The van der Waals surface area contributed by atoms with Crippen molar-refractivity contribution >= 4 is 28.4 Å². The van der Waals surface area contributed by atoms with E-state index in [2.05, 4.69) is 32.7 Å². The maximum absolute atomic E-state index is 13.0. The Labute approximate surface area is 180 Å². The summed E-state index contributed by atoms with van der Waals surface area (Å²) < 4.78 is 1.77. The van der Waals surface area contributed by atoms with E-state index in [1.165, 1.54) is 5.69 Å². The molecular formula is C23H28N6O2. The molecule has 0 unspecified atom stereocenters. The molecule has 0 atom stereocenters. The van der Waals surface area contributed by atoms with Crippen molar-refractivity contribution < 1.29 is 5.11 Å². The molecule has 31 heavy (non-hydrogen) atoms. The first kappa shape index (κ1) is 20.0. The first-order chi connectivity index (χ1) is 15.2. The number of aliphatic hydroxyl groups excluding tert-OH is 1. The zero-order valence-corrected chi connectivity index (χ0v) is 17.5. The molecule has 0 radical (unpaired) electrons. The van der Waals surface area contributed by atoms with Crippen molar-refractivity contribution in [1.29, 1.82) is 0 Å². The Morgan fingerprint density at radius 1 is 1.13 bits per heavy atom. The summed E-state index contributed by atoms with van der Waals surface area (Å²) in [5.41, 5.74) is 2.99. The number of aliphatic hydroxyl groups is 1. The number of nitrogens with one attached hydrogen (secondary N) is 2. The highest BCUT2D eigenvalue weighted by atomic mass is 16.3. The molecule has 5 rings (SSSR count). The van der Waals surface area contributed by atoms with Crippen LogP contribution in [0.15, 0.2) is 41.3 Å². The van der Waals surface area contributed by atoms with Crippen LogP contribution in [0.1, 0.15) is 37.3 Å². The van der Waals surface area contributed by atoms with E-state index in [1.807, 2.05) is 12.1 Å². The SMILES string of the molecule is O=c1c(CO)cc2cnc(Nc3ccc(N4CCNCC4)cc3)nc2n1C1CCCC1. The lowest BCUT2D eigenvalue weighted by Crippen LogP contribution is -2.43. The summed E-state index contributed by atoms with van der Waals surface area (Å²) in [5, 5.41) is 17.1. The van der Waals surface area contributed by atoms with Crippen molar-refractivity contribution in [3.63, 3.8) is 0 Å². The molecule has 0 amide bonds. The maximum Gasteiger partial charge on any atom is 0.258 e. The lowest BCUT2D eigenvalue weighted by molar-refractivity contribution is 0.279. The Morgan fingerprint density at radius 2 is 1.87 bits per heavy atom. The summed E-state index contributed by atoms with van der Waals surface area (Å²) in [5.74, 6) is 0.463. The quantitative estimate of drug-likeness (QED) is 0.584. The maximum atomic E-state index is 13.0. The van der Waals surface area contributed by atoms with Gasteiger partial charge in [0.05, 0.1) is 6.61 Å². The van der Waals surface area contributed by atoms with Crippen LogP contribution in [-0.2, 0) is 6.61 Å². The van der Waals surface area contributed by atoms with E-state index in [-0.39, 0.29) is 18.2 Å². The second kappa shape index (κ2) is 8.64. The topological polar surface area (TPSA) is 95.3 Å². The van der Waals surface area contributed by atoms with Gasteiger partial charge in [0, 0.05) is 60.7 Å². The molecule has 1 aromatic carbocycles. The highest BCUT2D eigenvalue weighted by molar-refractivity contribution is 5.77. The molecule has 162 valence electrons. The molecule has 8 nitrogen and oxygen atoms in total. The molecule has 1 saturated carbocycles. The van der Waals surface area contributed by atoms with E-state index in [9.17, 15) is 9.90 Å². The molecule has 2 fully saturated rings. The molecule has 0 spiro atoms. The smallest absolute Gasteiger partial charge is 0.258 e. The van der Waals surface area contributed by atoms with E-state index in [1.54, 1.807) is 16.8 Å². The van der Waals surface area contributed by atoms with Gasteiger partial charge < -0.3 is 20.6 Å². The van der Waals surface area contributed by atoms with E-state index < -0.39 is 0 Å². The minimum absolute atomic E-state index is 0.127. The van der Waals surface area contributed by atoms with Crippen molar-refractivity contribution in [2.24, 2.45) is 0 Å². The minimum Gasteiger partial charge on any atom is -0.391 e. The van der Waals surface area contributed by atoms with Gasteiger partial charge in [-0.1, -0.05) is 12.8 Å². The van der Waals surface area contributed by atoms with Crippen LogP contribution in [0.2, 0.25) is 0 Å². The third-order valence-electron chi connectivity index (χ3n) is 6.31. The molecule has 3 heterocycles. The molecular weight excluding hydrogens is 392 g/mol. The predicted octanol–water partition coefficient (Wildman–Crippen LogP) is 2.55. The molecule has 8 heteroatoms. The second-order valence-electron chi connectivity index (χ2n) is 8.32. The van der Waals surface area contributed by atoms with Crippen LogP contribution >= 0.6 is 0 Å². The first-order valence-electron chi connectivity index (χ1n) is 11.1. The largest absolute Gasteiger partial charge is 0.391 e. The highest BCUT2D eigenvalue weighted by Crippen LogP contribution is 2.31. The van der Waals surface area contributed by atoms with Gasteiger partial charge in [-0.05, 0) is 43.2 Å². The fraction of sp³-hybridized carbons (Fsp3) is 0.435. The summed E-state index contributed by atoms with van der Waals surface area (Å²) in [6.07, 6.45) is 5.87. The van der Waals surface area contributed by atoms with E-state index >= 15 is 0 Å². The first-order valence-corrected chi connectivity index (χ1v) is 11.1. The molecule has 0 bridgehead atoms. The second-order valence-corrected chi connectivity index (χ2v) is 8.32. The summed E-state index contributed by atoms with van der Waals surface area (Å²) in [6, 6.07) is 10.1. The lowest BCUT2D eigenvalue weighted by atomic mass is 10.2. The summed E-state index contributed by atoms with van der Waals surface area (Å²) in [4.78, 5) is 24.5. The fourth-order valence-corrected chi connectivity index (χ4v) is 4.66. The van der Waals surface area contributed by atoms with Gasteiger partial charge in [-0.2, -0.15) is 4.98 Å². The molecule has 1 saturated heterocycles. The zero-order chi connectivity index (χ0) is 21.2. The molecule has 3 aromatic rings. The van der Waals surface area contributed by atoms with E-state index in [4.69, 9.17) is 4.98 Å². The molecule has 1 aliphatic carbocycles. The number of aromatic nitrogens is 3. The number of rotatable bonds is 5. The molecule has 1 aliphatic heterocycles. The van der Waals surface area contributed by atoms with Gasteiger partial charge in [0.15, 0.2) is 0 Å². The normalized spacial score (nSPS) is 17.4. The third kappa shape index (κ3) is 4.00. The van der Waals surface area contributed by atoms with Gasteiger partial charge >= 0.3 is 0 Å². The van der Waals surface area contributed by atoms with Gasteiger partial charge in [-0.15, -0.1) is 0 Å².